The lowest BCUT2D eigenvalue weighted by Gasteiger charge is -2.22. The summed E-state index contributed by atoms with van der Waals surface area (Å²) in [6.07, 6.45) is 6.52. The summed E-state index contributed by atoms with van der Waals surface area (Å²) in [7, 11) is 3.87. The number of ether oxygens (including phenoxy) is 1. The predicted octanol–water partition coefficient (Wildman–Crippen LogP) is 3.29. The Bertz CT molecular complexity index is 757. The summed E-state index contributed by atoms with van der Waals surface area (Å²) in [5.74, 6) is 2.73. The van der Waals surface area contributed by atoms with E-state index in [9.17, 15) is 0 Å². The maximum Gasteiger partial charge on any atom is 0.193 e. The predicted molar refractivity (Wildman–Crippen MR) is 124 cm³/mol. The lowest BCUT2D eigenvalue weighted by molar-refractivity contribution is 0.115. The first-order valence-corrected chi connectivity index (χ1v) is 9.71. The molecule has 0 radical (unpaired) electrons. The lowest BCUT2D eigenvalue weighted by atomic mass is 10.1. The van der Waals surface area contributed by atoms with E-state index in [1.807, 2.05) is 33.4 Å². The Morgan fingerprint density at radius 2 is 2.14 bits per heavy atom. The van der Waals surface area contributed by atoms with Gasteiger partial charge in [0.15, 0.2) is 5.96 Å². The molecule has 1 heterocycles. The van der Waals surface area contributed by atoms with Crippen molar-refractivity contribution in [3.63, 3.8) is 0 Å². The molecule has 0 amide bonds. The van der Waals surface area contributed by atoms with Crippen LogP contribution < -0.4 is 5.32 Å². The molecule has 1 aliphatic carbocycles. The van der Waals surface area contributed by atoms with E-state index in [0.29, 0.717) is 0 Å². The number of likely N-dealkylation sites (N-methyl/N-ethyl adjacent to an activating group) is 1. The van der Waals surface area contributed by atoms with Gasteiger partial charge in [0.2, 0.25) is 0 Å². The Labute approximate surface area is 185 Å². The topological polar surface area (TPSA) is 54.7 Å². The SMILES string of the molecule is CN=C(NCc1cccc(Cn2ccnc2C)c1)N(C)CCOCC1CC1.I. The largest absolute Gasteiger partial charge is 0.379 e. The van der Waals surface area contributed by atoms with Crippen LogP contribution in [0, 0.1) is 12.8 Å². The number of halogens is 1. The van der Waals surface area contributed by atoms with Crippen molar-refractivity contribution in [3.05, 3.63) is 53.6 Å². The average Bonchev–Trinajstić information content (AvgIpc) is 3.41. The summed E-state index contributed by atoms with van der Waals surface area (Å²) in [4.78, 5) is 10.8. The molecule has 0 spiro atoms. The standard InChI is InChI=1S/C21H31N5O.HI/c1-17-23-9-10-26(17)15-20-6-4-5-19(13-20)14-24-21(22-2)25(3)11-12-27-16-18-7-8-18;/h4-6,9-10,13,18H,7-8,11-12,14-16H2,1-3H3,(H,22,24);1H. The summed E-state index contributed by atoms with van der Waals surface area (Å²) in [6.45, 7) is 6.10. The van der Waals surface area contributed by atoms with E-state index in [4.69, 9.17) is 4.74 Å². The summed E-state index contributed by atoms with van der Waals surface area (Å²) < 4.78 is 7.88. The lowest BCUT2D eigenvalue weighted by Crippen LogP contribution is -2.40. The van der Waals surface area contributed by atoms with Gasteiger partial charge < -0.3 is 19.5 Å². The van der Waals surface area contributed by atoms with Crippen LogP contribution in [0.4, 0.5) is 0 Å². The summed E-state index contributed by atoms with van der Waals surface area (Å²) >= 11 is 0. The van der Waals surface area contributed by atoms with E-state index < -0.39 is 0 Å². The number of hydrogen-bond donors (Lipinski definition) is 1. The van der Waals surface area contributed by atoms with Crippen LogP contribution in [0.3, 0.4) is 0 Å². The summed E-state index contributed by atoms with van der Waals surface area (Å²) in [5, 5.41) is 3.45. The molecule has 1 saturated carbocycles. The molecule has 154 valence electrons. The van der Waals surface area contributed by atoms with Crippen LogP contribution in [0.25, 0.3) is 0 Å². The van der Waals surface area contributed by atoms with E-state index in [0.717, 1.165) is 50.5 Å². The second-order valence-electron chi connectivity index (χ2n) is 7.26. The number of imidazole rings is 1. The molecule has 28 heavy (non-hydrogen) atoms. The zero-order chi connectivity index (χ0) is 19.1. The Hall–Kier alpha value is -1.61. The molecule has 1 aliphatic rings. The van der Waals surface area contributed by atoms with Crippen molar-refractivity contribution in [3.8, 4) is 0 Å². The minimum atomic E-state index is 0. The van der Waals surface area contributed by atoms with Crippen LogP contribution in [-0.4, -0.2) is 54.3 Å². The van der Waals surface area contributed by atoms with Crippen LogP contribution >= 0.6 is 24.0 Å². The van der Waals surface area contributed by atoms with Gasteiger partial charge in [0.05, 0.1) is 6.61 Å². The Morgan fingerprint density at radius 1 is 1.36 bits per heavy atom. The van der Waals surface area contributed by atoms with Gasteiger partial charge in [-0.25, -0.2) is 4.98 Å². The van der Waals surface area contributed by atoms with Crippen LogP contribution in [0.15, 0.2) is 41.7 Å². The normalized spacial score (nSPS) is 13.9. The number of nitrogens with one attached hydrogen (secondary N) is 1. The van der Waals surface area contributed by atoms with Gasteiger partial charge in [-0.2, -0.15) is 0 Å². The summed E-state index contributed by atoms with van der Waals surface area (Å²) in [6, 6.07) is 8.64. The zero-order valence-electron chi connectivity index (χ0n) is 17.1. The fourth-order valence-electron chi connectivity index (χ4n) is 3.01. The van der Waals surface area contributed by atoms with Crippen LogP contribution in [0.1, 0.15) is 29.8 Å². The molecule has 0 atom stereocenters. The van der Waals surface area contributed by atoms with Gasteiger partial charge in [0, 0.05) is 52.7 Å². The van der Waals surface area contributed by atoms with Crippen molar-refractivity contribution in [2.45, 2.75) is 32.9 Å². The highest BCUT2D eigenvalue weighted by molar-refractivity contribution is 14.0. The van der Waals surface area contributed by atoms with Gasteiger partial charge in [0.25, 0.3) is 0 Å². The molecule has 6 nitrogen and oxygen atoms in total. The minimum Gasteiger partial charge on any atom is -0.379 e. The average molecular weight is 497 g/mol. The molecule has 7 heteroatoms. The molecular weight excluding hydrogens is 465 g/mol. The highest BCUT2D eigenvalue weighted by atomic mass is 127. The van der Waals surface area contributed by atoms with E-state index in [1.165, 1.54) is 24.0 Å². The third-order valence-electron chi connectivity index (χ3n) is 4.91. The third-order valence-corrected chi connectivity index (χ3v) is 4.91. The van der Waals surface area contributed by atoms with Gasteiger partial charge in [-0.1, -0.05) is 24.3 Å². The maximum absolute atomic E-state index is 5.73. The number of aromatic nitrogens is 2. The second kappa shape index (κ2) is 11.4. The molecule has 0 aliphatic heterocycles. The molecule has 0 bridgehead atoms. The monoisotopic (exact) mass is 497 g/mol. The molecule has 1 N–H and O–H groups in total. The fourth-order valence-corrected chi connectivity index (χ4v) is 3.01. The zero-order valence-corrected chi connectivity index (χ0v) is 19.4. The van der Waals surface area contributed by atoms with E-state index in [1.54, 1.807) is 0 Å². The number of aliphatic imine (C=N–C) groups is 1. The van der Waals surface area contributed by atoms with Crippen LogP contribution in [-0.2, 0) is 17.8 Å². The molecule has 0 saturated heterocycles. The van der Waals surface area contributed by atoms with Crippen molar-refractivity contribution in [1.29, 1.82) is 0 Å². The highest BCUT2D eigenvalue weighted by Crippen LogP contribution is 2.28. The van der Waals surface area contributed by atoms with Crippen molar-refractivity contribution < 1.29 is 4.74 Å². The molecule has 1 aromatic heterocycles. The first-order valence-electron chi connectivity index (χ1n) is 9.71. The van der Waals surface area contributed by atoms with Crippen molar-refractivity contribution in [2.24, 2.45) is 10.9 Å². The van der Waals surface area contributed by atoms with Gasteiger partial charge >= 0.3 is 0 Å². The molecule has 3 rings (SSSR count). The highest BCUT2D eigenvalue weighted by Gasteiger charge is 2.21. The number of benzene rings is 1. The smallest absolute Gasteiger partial charge is 0.193 e. The molecule has 2 aromatic rings. The van der Waals surface area contributed by atoms with Crippen LogP contribution in [0.5, 0.6) is 0 Å². The maximum atomic E-state index is 5.73. The van der Waals surface area contributed by atoms with E-state index in [-0.39, 0.29) is 24.0 Å². The van der Waals surface area contributed by atoms with Gasteiger partial charge in [0.1, 0.15) is 5.82 Å². The number of aryl methyl sites for hydroxylation is 1. The number of guanidine groups is 1. The van der Waals surface area contributed by atoms with Gasteiger partial charge in [-0.05, 0) is 36.8 Å². The molecule has 1 aromatic carbocycles. The molecular formula is C21H32IN5O. The van der Waals surface area contributed by atoms with Crippen molar-refractivity contribution in [2.75, 3.05) is 33.9 Å². The molecule has 0 unspecified atom stereocenters. The second-order valence-corrected chi connectivity index (χ2v) is 7.26. The Kier molecular flexibility index (Phi) is 9.24. The van der Waals surface area contributed by atoms with E-state index >= 15 is 0 Å². The first kappa shape index (κ1) is 22.7. The first-order chi connectivity index (χ1) is 13.2. The van der Waals surface area contributed by atoms with Crippen molar-refractivity contribution in [1.82, 2.24) is 19.8 Å². The Balaban J connectivity index is 0.00000280. The minimum absolute atomic E-state index is 0. The van der Waals surface area contributed by atoms with Crippen LogP contribution in [0.2, 0.25) is 0 Å². The number of nitrogens with zero attached hydrogens (tertiary/aromatic N) is 4. The Morgan fingerprint density at radius 3 is 2.82 bits per heavy atom. The van der Waals surface area contributed by atoms with Gasteiger partial charge in [-0.15, -0.1) is 24.0 Å². The number of hydrogen-bond acceptors (Lipinski definition) is 3. The fraction of sp³-hybridized carbons (Fsp3) is 0.524. The third kappa shape index (κ3) is 7.09. The number of rotatable bonds is 9. The quantitative estimate of drug-likeness (QED) is 0.250. The molecule has 1 fully saturated rings. The van der Waals surface area contributed by atoms with E-state index in [2.05, 4.69) is 49.0 Å². The van der Waals surface area contributed by atoms with Gasteiger partial charge in [-0.3, -0.25) is 4.99 Å². The van der Waals surface area contributed by atoms with Crippen molar-refractivity contribution >= 4 is 29.9 Å². The summed E-state index contributed by atoms with van der Waals surface area (Å²) in [5.41, 5.74) is 2.51.